The van der Waals surface area contributed by atoms with E-state index in [4.69, 9.17) is 27.9 Å². The maximum absolute atomic E-state index is 10.8. The van der Waals surface area contributed by atoms with E-state index < -0.39 is 4.92 Å². The summed E-state index contributed by atoms with van der Waals surface area (Å²) in [4.78, 5) is 10.3. The van der Waals surface area contributed by atoms with E-state index in [-0.39, 0.29) is 11.4 Å². The van der Waals surface area contributed by atoms with Crippen LogP contribution >= 0.6 is 23.2 Å². The van der Waals surface area contributed by atoms with Gasteiger partial charge < -0.3 is 4.74 Å². The zero-order chi connectivity index (χ0) is 13.1. The van der Waals surface area contributed by atoms with Crippen LogP contribution in [-0.4, -0.2) is 4.92 Å². The second-order valence-corrected chi connectivity index (χ2v) is 4.30. The molecule has 0 spiro atoms. The van der Waals surface area contributed by atoms with Gasteiger partial charge in [0.05, 0.1) is 4.92 Å². The molecule has 0 radical (unpaired) electrons. The fraction of sp³-hybridized carbons (Fsp3) is 0. The highest BCUT2D eigenvalue weighted by Gasteiger charge is 2.16. The Morgan fingerprint density at radius 1 is 1.00 bits per heavy atom. The third-order valence-electron chi connectivity index (χ3n) is 2.16. The number of nitro benzene ring substituents is 1. The van der Waals surface area contributed by atoms with Gasteiger partial charge in [0.1, 0.15) is 5.75 Å². The lowest BCUT2D eigenvalue weighted by molar-refractivity contribution is -0.385. The summed E-state index contributed by atoms with van der Waals surface area (Å²) in [5.74, 6) is 0.541. The average Bonchev–Trinajstić information content (AvgIpc) is 2.32. The van der Waals surface area contributed by atoms with Gasteiger partial charge in [0, 0.05) is 22.2 Å². The van der Waals surface area contributed by atoms with Crippen molar-refractivity contribution in [3.05, 3.63) is 62.6 Å². The number of nitrogens with zero attached hydrogens (tertiary/aromatic N) is 1. The van der Waals surface area contributed by atoms with Crippen LogP contribution in [0.5, 0.6) is 11.5 Å². The molecule has 0 aliphatic heterocycles. The monoisotopic (exact) mass is 283 g/mol. The van der Waals surface area contributed by atoms with Crippen LogP contribution in [0.2, 0.25) is 10.0 Å². The van der Waals surface area contributed by atoms with E-state index in [1.807, 2.05) is 0 Å². The van der Waals surface area contributed by atoms with Crippen molar-refractivity contribution in [2.24, 2.45) is 0 Å². The summed E-state index contributed by atoms with van der Waals surface area (Å²) >= 11 is 11.5. The lowest BCUT2D eigenvalue weighted by Gasteiger charge is -2.06. The number of benzene rings is 2. The molecule has 6 heteroatoms. The summed E-state index contributed by atoms with van der Waals surface area (Å²) in [5, 5.41) is 11.8. The molecule has 18 heavy (non-hydrogen) atoms. The highest BCUT2D eigenvalue weighted by molar-refractivity contribution is 6.31. The van der Waals surface area contributed by atoms with Crippen molar-refractivity contribution in [3.8, 4) is 11.5 Å². The molecule has 4 nitrogen and oxygen atoms in total. The Kier molecular flexibility index (Phi) is 3.69. The molecule has 2 rings (SSSR count). The SMILES string of the molecule is O=[N+]([O-])c1ccc(Cl)cc1Oc1ccc(Cl)cc1. The van der Waals surface area contributed by atoms with Crippen LogP contribution < -0.4 is 4.74 Å². The minimum absolute atomic E-state index is 0.0924. The summed E-state index contributed by atoms with van der Waals surface area (Å²) in [6.07, 6.45) is 0. The minimum atomic E-state index is -0.526. The highest BCUT2D eigenvalue weighted by atomic mass is 35.5. The number of rotatable bonds is 3. The van der Waals surface area contributed by atoms with Gasteiger partial charge in [-0.1, -0.05) is 23.2 Å². The van der Waals surface area contributed by atoms with Crippen molar-refractivity contribution in [2.75, 3.05) is 0 Å². The predicted molar refractivity (Wildman–Crippen MR) is 69.6 cm³/mol. The van der Waals surface area contributed by atoms with Gasteiger partial charge in [-0.05, 0) is 30.3 Å². The van der Waals surface area contributed by atoms with Crippen LogP contribution in [0.25, 0.3) is 0 Å². The van der Waals surface area contributed by atoms with Crippen LogP contribution in [-0.2, 0) is 0 Å². The highest BCUT2D eigenvalue weighted by Crippen LogP contribution is 2.33. The predicted octanol–water partition coefficient (Wildman–Crippen LogP) is 4.69. The van der Waals surface area contributed by atoms with Gasteiger partial charge in [-0.2, -0.15) is 0 Å². The van der Waals surface area contributed by atoms with Crippen LogP contribution in [0.4, 0.5) is 5.69 Å². The number of halogens is 2. The van der Waals surface area contributed by atoms with Crippen molar-refractivity contribution in [1.82, 2.24) is 0 Å². The van der Waals surface area contributed by atoms with Gasteiger partial charge >= 0.3 is 5.69 Å². The fourth-order valence-electron chi connectivity index (χ4n) is 1.35. The molecule has 0 atom stereocenters. The minimum Gasteiger partial charge on any atom is -0.450 e. The molecule has 2 aromatic rings. The van der Waals surface area contributed by atoms with E-state index in [0.29, 0.717) is 15.8 Å². The Balaban J connectivity index is 2.35. The maximum atomic E-state index is 10.8. The normalized spacial score (nSPS) is 10.1. The van der Waals surface area contributed by atoms with E-state index in [0.717, 1.165) is 0 Å². The molecule has 0 unspecified atom stereocenters. The summed E-state index contributed by atoms with van der Waals surface area (Å²) in [6, 6.07) is 10.6. The Hall–Kier alpha value is -1.78. The first kappa shape index (κ1) is 12.7. The van der Waals surface area contributed by atoms with E-state index in [2.05, 4.69) is 0 Å². The van der Waals surface area contributed by atoms with Gasteiger partial charge in [0.2, 0.25) is 5.75 Å². The molecule has 0 amide bonds. The van der Waals surface area contributed by atoms with Crippen LogP contribution in [0.1, 0.15) is 0 Å². The van der Waals surface area contributed by atoms with E-state index in [1.165, 1.54) is 18.2 Å². The molecular weight excluding hydrogens is 277 g/mol. The smallest absolute Gasteiger partial charge is 0.311 e. The molecule has 0 aromatic heterocycles. The molecule has 0 fully saturated rings. The number of nitro groups is 1. The van der Waals surface area contributed by atoms with Gasteiger partial charge in [-0.15, -0.1) is 0 Å². The van der Waals surface area contributed by atoms with Crippen LogP contribution in [0.15, 0.2) is 42.5 Å². The standard InChI is InChI=1S/C12H7Cl2NO3/c13-8-1-4-10(5-2-8)18-12-7-9(14)3-6-11(12)15(16)17/h1-7H. The maximum Gasteiger partial charge on any atom is 0.311 e. The summed E-state index contributed by atoms with van der Waals surface area (Å²) in [7, 11) is 0. The van der Waals surface area contributed by atoms with Crippen molar-refractivity contribution in [1.29, 1.82) is 0 Å². The summed E-state index contributed by atoms with van der Waals surface area (Å²) in [6.45, 7) is 0. The molecule has 0 aliphatic rings. The molecular formula is C12H7Cl2NO3. The topological polar surface area (TPSA) is 52.4 Å². The van der Waals surface area contributed by atoms with Crippen LogP contribution in [0, 0.1) is 10.1 Å². The summed E-state index contributed by atoms with van der Waals surface area (Å²) in [5.41, 5.74) is -0.144. The number of hydrogen-bond acceptors (Lipinski definition) is 3. The Bertz CT molecular complexity index is 584. The number of hydrogen-bond donors (Lipinski definition) is 0. The second kappa shape index (κ2) is 5.25. The van der Waals surface area contributed by atoms with Crippen molar-refractivity contribution < 1.29 is 9.66 Å². The lowest BCUT2D eigenvalue weighted by Crippen LogP contribution is -1.93. The zero-order valence-corrected chi connectivity index (χ0v) is 10.5. The third-order valence-corrected chi connectivity index (χ3v) is 2.65. The second-order valence-electron chi connectivity index (χ2n) is 3.43. The fourth-order valence-corrected chi connectivity index (χ4v) is 1.64. The van der Waals surface area contributed by atoms with Gasteiger partial charge in [-0.3, -0.25) is 10.1 Å². The molecule has 0 aliphatic carbocycles. The largest absolute Gasteiger partial charge is 0.450 e. The Labute approximate surface area is 113 Å². The first-order valence-corrected chi connectivity index (χ1v) is 5.69. The Morgan fingerprint density at radius 2 is 1.61 bits per heavy atom. The van der Waals surface area contributed by atoms with Crippen molar-refractivity contribution >= 4 is 28.9 Å². The van der Waals surface area contributed by atoms with Gasteiger partial charge in [0.15, 0.2) is 0 Å². The first-order chi connectivity index (χ1) is 8.56. The molecule has 0 heterocycles. The average molecular weight is 284 g/mol. The van der Waals surface area contributed by atoms with E-state index in [9.17, 15) is 10.1 Å². The molecule has 0 saturated carbocycles. The Morgan fingerprint density at radius 3 is 2.22 bits per heavy atom. The van der Waals surface area contributed by atoms with Gasteiger partial charge in [-0.25, -0.2) is 0 Å². The molecule has 0 N–H and O–H groups in total. The molecule has 0 bridgehead atoms. The number of ether oxygens (including phenoxy) is 1. The van der Waals surface area contributed by atoms with E-state index in [1.54, 1.807) is 24.3 Å². The van der Waals surface area contributed by atoms with Crippen molar-refractivity contribution in [3.63, 3.8) is 0 Å². The molecule has 2 aromatic carbocycles. The van der Waals surface area contributed by atoms with Crippen LogP contribution in [0.3, 0.4) is 0 Å². The molecule has 92 valence electrons. The quantitative estimate of drug-likeness (QED) is 0.606. The lowest BCUT2D eigenvalue weighted by atomic mass is 10.3. The first-order valence-electron chi connectivity index (χ1n) is 4.93. The third kappa shape index (κ3) is 2.91. The van der Waals surface area contributed by atoms with Gasteiger partial charge in [0.25, 0.3) is 0 Å². The van der Waals surface area contributed by atoms with Crippen molar-refractivity contribution in [2.45, 2.75) is 0 Å². The zero-order valence-electron chi connectivity index (χ0n) is 8.97. The van der Waals surface area contributed by atoms with E-state index >= 15 is 0 Å². The molecule has 0 saturated heterocycles. The summed E-state index contributed by atoms with van der Waals surface area (Å²) < 4.78 is 5.42.